The molecule has 0 aliphatic heterocycles. The van der Waals surface area contributed by atoms with E-state index in [-0.39, 0.29) is 17.9 Å². The van der Waals surface area contributed by atoms with Crippen LogP contribution in [0.1, 0.15) is 16.1 Å². The highest BCUT2D eigenvalue weighted by Gasteiger charge is 2.23. The van der Waals surface area contributed by atoms with Gasteiger partial charge in [-0.3, -0.25) is 9.59 Å². The van der Waals surface area contributed by atoms with Crippen molar-refractivity contribution in [2.45, 2.75) is 12.5 Å². The smallest absolute Gasteiger partial charge is 0.287 e. The number of halogens is 1. The molecule has 2 N–H and O–H groups in total. The van der Waals surface area contributed by atoms with Crippen LogP contribution in [0.5, 0.6) is 0 Å². The Morgan fingerprint density at radius 2 is 1.69 bits per heavy atom. The highest BCUT2D eigenvalue weighted by molar-refractivity contribution is 6.00. The lowest BCUT2D eigenvalue weighted by atomic mass is 10.0. The molecule has 3 rings (SSSR count). The van der Waals surface area contributed by atoms with Gasteiger partial charge in [-0.25, -0.2) is 4.39 Å². The zero-order valence-corrected chi connectivity index (χ0v) is 13.8. The molecule has 0 spiro atoms. The van der Waals surface area contributed by atoms with E-state index in [1.54, 1.807) is 12.1 Å². The second-order valence-electron chi connectivity index (χ2n) is 5.66. The van der Waals surface area contributed by atoms with Crippen molar-refractivity contribution in [1.82, 2.24) is 5.32 Å². The van der Waals surface area contributed by atoms with Gasteiger partial charge in [0.2, 0.25) is 5.91 Å². The first-order valence-corrected chi connectivity index (χ1v) is 8.07. The number of furan rings is 1. The van der Waals surface area contributed by atoms with Crippen molar-refractivity contribution in [2.24, 2.45) is 0 Å². The Kier molecular flexibility index (Phi) is 5.43. The fourth-order valence-electron chi connectivity index (χ4n) is 2.48. The van der Waals surface area contributed by atoms with Crippen molar-refractivity contribution >= 4 is 17.5 Å². The van der Waals surface area contributed by atoms with E-state index in [2.05, 4.69) is 10.6 Å². The van der Waals surface area contributed by atoms with Gasteiger partial charge in [-0.05, 0) is 29.8 Å². The minimum atomic E-state index is -0.894. The van der Waals surface area contributed by atoms with Crippen molar-refractivity contribution in [1.29, 1.82) is 0 Å². The van der Waals surface area contributed by atoms with Crippen LogP contribution in [-0.2, 0) is 11.2 Å². The van der Waals surface area contributed by atoms with Crippen LogP contribution in [-0.4, -0.2) is 17.9 Å². The Balaban J connectivity index is 1.78. The summed E-state index contributed by atoms with van der Waals surface area (Å²) in [5, 5.41) is 5.16. The predicted molar refractivity (Wildman–Crippen MR) is 95.1 cm³/mol. The summed E-state index contributed by atoms with van der Waals surface area (Å²) in [5.74, 6) is -1.48. The standard InChI is InChI=1S/C20H17FN2O3/c21-15-9-4-5-10-16(15)22-19(24)17(13-14-7-2-1-3-8-14)23-20(25)18-11-6-12-26-18/h1-12,17H,13H2,(H,22,24)(H,23,25). The van der Waals surface area contributed by atoms with E-state index in [4.69, 9.17) is 4.42 Å². The monoisotopic (exact) mass is 352 g/mol. The number of anilines is 1. The molecule has 0 aliphatic carbocycles. The second kappa shape index (κ2) is 8.11. The highest BCUT2D eigenvalue weighted by atomic mass is 19.1. The first-order valence-electron chi connectivity index (χ1n) is 8.07. The third-order valence-electron chi connectivity index (χ3n) is 3.78. The van der Waals surface area contributed by atoms with Gasteiger partial charge in [-0.1, -0.05) is 42.5 Å². The lowest BCUT2D eigenvalue weighted by Gasteiger charge is -2.18. The maximum atomic E-state index is 13.8. The molecule has 5 nitrogen and oxygen atoms in total. The van der Waals surface area contributed by atoms with E-state index < -0.39 is 23.7 Å². The number of nitrogens with one attached hydrogen (secondary N) is 2. The number of carbonyl (C=O) groups excluding carboxylic acids is 2. The van der Waals surface area contributed by atoms with Crippen molar-refractivity contribution in [3.63, 3.8) is 0 Å². The van der Waals surface area contributed by atoms with Crippen LogP contribution < -0.4 is 10.6 Å². The molecule has 2 amide bonds. The number of hydrogen-bond acceptors (Lipinski definition) is 3. The van der Waals surface area contributed by atoms with E-state index in [9.17, 15) is 14.0 Å². The summed E-state index contributed by atoms with van der Waals surface area (Å²) in [6, 6.07) is 17.3. The molecule has 0 aliphatic rings. The molecule has 132 valence electrons. The van der Waals surface area contributed by atoms with E-state index in [0.29, 0.717) is 0 Å². The molecule has 0 fully saturated rings. The zero-order chi connectivity index (χ0) is 18.4. The molecule has 1 unspecified atom stereocenters. The first kappa shape index (κ1) is 17.4. The molecule has 2 aromatic carbocycles. The Bertz CT molecular complexity index is 879. The van der Waals surface area contributed by atoms with E-state index in [1.165, 1.54) is 30.5 Å². The number of para-hydroxylation sites is 1. The van der Waals surface area contributed by atoms with Crippen molar-refractivity contribution in [2.75, 3.05) is 5.32 Å². The summed E-state index contributed by atoms with van der Waals surface area (Å²) in [5.41, 5.74) is 0.920. The molecule has 0 radical (unpaired) electrons. The average Bonchev–Trinajstić information content (AvgIpc) is 3.19. The van der Waals surface area contributed by atoms with Gasteiger partial charge < -0.3 is 15.1 Å². The molecule has 6 heteroatoms. The molecule has 26 heavy (non-hydrogen) atoms. The van der Waals surface area contributed by atoms with Crippen LogP contribution in [0.2, 0.25) is 0 Å². The minimum Gasteiger partial charge on any atom is -0.459 e. The summed E-state index contributed by atoms with van der Waals surface area (Å²) in [7, 11) is 0. The molecule has 0 bridgehead atoms. The van der Waals surface area contributed by atoms with Gasteiger partial charge >= 0.3 is 0 Å². The number of amides is 2. The topological polar surface area (TPSA) is 71.3 Å². The third-order valence-corrected chi connectivity index (χ3v) is 3.78. The zero-order valence-electron chi connectivity index (χ0n) is 13.8. The fraction of sp³-hybridized carbons (Fsp3) is 0.100. The van der Waals surface area contributed by atoms with Gasteiger partial charge in [0.05, 0.1) is 12.0 Å². The first-order chi connectivity index (χ1) is 12.6. The fourth-order valence-corrected chi connectivity index (χ4v) is 2.48. The Morgan fingerprint density at radius 3 is 2.38 bits per heavy atom. The molecular formula is C20H17FN2O3. The number of rotatable bonds is 6. The van der Waals surface area contributed by atoms with E-state index in [1.807, 2.05) is 30.3 Å². The Hall–Kier alpha value is -3.41. The van der Waals surface area contributed by atoms with E-state index in [0.717, 1.165) is 5.56 Å². The SMILES string of the molecule is O=C(NC(Cc1ccccc1)C(=O)Nc1ccccc1F)c1ccco1. The Morgan fingerprint density at radius 1 is 0.962 bits per heavy atom. The summed E-state index contributed by atoms with van der Waals surface area (Å²) in [6.07, 6.45) is 1.63. The molecular weight excluding hydrogens is 335 g/mol. The van der Waals surface area contributed by atoms with Crippen LogP contribution in [0.15, 0.2) is 77.4 Å². The van der Waals surface area contributed by atoms with Gasteiger partial charge in [0.25, 0.3) is 5.91 Å². The van der Waals surface area contributed by atoms with Gasteiger partial charge in [0.15, 0.2) is 5.76 Å². The van der Waals surface area contributed by atoms with Gasteiger partial charge in [-0.15, -0.1) is 0 Å². The second-order valence-corrected chi connectivity index (χ2v) is 5.66. The minimum absolute atomic E-state index is 0.0582. The van der Waals surface area contributed by atoms with Crippen molar-refractivity contribution < 1.29 is 18.4 Å². The van der Waals surface area contributed by atoms with Crippen LogP contribution in [0.4, 0.5) is 10.1 Å². The molecule has 3 aromatic rings. The number of hydrogen-bond donors (Lipinski definition) is 2. The summed E-state index contributed by atoms with van der Waals surface area (Å²) in [6.45, 7) is 0. The Labute approximate surface area is 149 Å². The lowest BCUT2D eigenvalue weighted by molar-refractivity contribution is -0.118. The van der Waals surface area contributed by atoms with Crippen molar-refractivity contribution in [3.05, 3.63) is 90.1 Å². The van der Waals surface area contributed by atoms with Crippen LogP contribution in [0, 0.1) is 5.82 Å². The average molecular weight is 352 g/mol. The normalized spacial score (nSPS) is 11.6. The van der Waals surface area contributed by atoms with Gasteiger partial charge in [0, 0.05) is 6.42 Å². The summed E-state index contributed by atoms with van der Waals surface area (Å²) >= 11 is 0. The number of benzene rings is 2. The highest BCUT2D eigenvalue weighted by Crippen LogP contribution is 2.14. The predicted octanol–water partition coefficient (Wildman–Crippen LogP) is 3.40. The quantitative estimate of drug-likeness (QED) is 0.714. The lowest BCUT2D eigenvalue weighted by Crippen LogP contribution is -2.45. The van der Waals surface area contributed by atoms with Gasteiger partial charge in [-0.2, -0.15) is 0 Å². The van der Waals surface area contributed by atoms with Crippen LogP contribution in [0.3, 0.4) is 0 Å². The van der Waals surface area contributed by atoms with Crippen LogP contribution in [0.25, 0.3) is 0 Å². The maximum Gasteiger partial charge on any atom is 0.287 e. The number of carbonyl (C=O) groups is 2. The molecule has 1 aromatic heterocycles. The van der Waals surface area contributed by atoms with Crippen LogP contribution >= 0.6 is 0 Å². The largest absolute Gasteiger partial charge is 0.459 e. The summed E-state index contributed by atoms with van der Waals surface area (Å²) in [4.78, 5) is 24.9. The third kappa shape index (κ3) is 4.36. The molecule has 0 saturated carbocycles. The van der Waals surface area contributed by atoms with Gasteiger partial charge in [0.1, 0.15) is 11.9 Å². The summed E-state index contributed by atoms with van der Waals surface area (Å²) < 4.78 is 18.9. The molecule has 0 saturated heterocycles. The van der Waals surface area contributed by atoms with Crippen molar-refractivity contribution in [3.8, 4) is 0 Å². The maximum absolute atomic E-state index is 13.8. The molecule has 1 heterocycles. The molecule has 1 atom stereocenters. The van der Waals surface area contributed by atoms with E-state index >= 15 is 0 Å².